The van der Waals surface area contributed by atoms with Crippen LogP contribution in [-0.4, -0.2) is 21.9 Å². The molecule has 0 heterocycles. The first kappa shape index (κ1) is 117. The van der Waals surface area contributed by atoms with Crippen molar-refractivity contribution in [2.75, 3.05) is 0 Å². The van der Waals surface area contributed by atoms with Gasteiger partial charge >= 0.3 is 0 Å². The third-order valence-corrected chi connectivity index (χ3v) is 0. The van der Waals surface area contributed by atoms with Crippen LogP contribution in [0.2, 0.25) is 0 Å². The van der Waals surface area contributed by atoms with Gasteiger partial charge in [-0.05, 0) is 0 Å². The fraction of sp³-hybridized carbons (Fsp3) is 0. The van der Waals surface area contributed by atoms with Crippen LogP contribution < -0.4 is 0 Å². The number of hydrogen-bond donors (Lipinski definition) is 0. The molecule has 0 radical (unpaired) electrons. The second kappa shape index (κ2) is 81.3. The molecule has 0 aliphatic rings. The van der Waals surface area contributed by atoms with Gasteiger partial charge in [0.15, 0.2) is 0 Å². The topological polar surface area (TPSA) is 126 Å². The maximum Gasteiger partial charge on any atom is 0 e. The molecular formula is H8CrDyO4Ti. The summed E-state index contributed by atoms with van der Waals surface area (Å²) in [5.74, 6) is 0. The van der Waals surface area contributed by atoms with Crippen LogP contribution in [-0.2, 0) is 39.1 Å². The molecule has 0 bridgehead atoms. The van der Waals surface area contributed by atoms with Gasteiger partial charge in [0.2, 0.25) is 0 Å². The Kier molecular flexibility index (Phi) is 1360. The Morgan fingerprint density at radius 2 is 0.571 bits per heavy atom. The summed E-state index contributed by atoms with van der Waals surface area (Å²) in [4.78, 5) is 0. The Morgan fingerprint density at radius 3 is 0.571 bits per heavy atom. The number of rotatable bonds is 0. The minimum atomic E-state index is 0. The molecule has 4 nitrogen and oxygen atoms in total. The zero-order chi connectivity index (χ0) is 0. The molecule has 0 rings (SSSR count). The van der Waals surface area contributed by atoms with Gasteiger partial charge in [0.1, 0.15) is 0 Å². The standard InChI is InChI=1S/Cr.Dy.4H2O.Ti/h;;4*1H2;. The zero-order valence-electron chi connectivity index (χ0n) is 3.22. The van der Waals surface area contributed by atoms with Gasteiger partial charge in [0, 0.05) is 77.3 Å². The van der Waals surface area contributed by atoms with Crippen LogP contribution in [0.1, 0.15) is 0 Å². The summed E-state index contributed by atoms with van der Waals surface area (Å²) in [7, 11) is 0. The monoisotopic (exact) mass is 336 g/mol. The molecule has 52 valence electrons. The van der Waals surface area contributed by atoms with Crippen molar-refractivity contribution in [1.82, 2.24) is 0 Å². The third-order valence-electron chi connectivity index (χ3n) is 0. The molecule has 0 atom stereocenters. The SMILES string of the molecule is O.O.O.O.[Cr].[Dy].[Ti]. The predicted octanol–water partition coefficient (Wildman–Crippen LogP) is -3.30. The van der Waals surface area contributed by atoms with E-state index in [1.807, 2.05) is 0 Å². The largest absolute Gasteiger partial charge is 0.412 e. The van der Waals surface area contributed by atoms with Crippen LogP contribution in [0.25, 0.3) is 0 Å². The Morgan fingerprint density at radius 1 is 0.571 bits per heavy atom. The van der Waals surface area contributed by atoms with E-state index in [4.69, 9.17) is 0 Å². The van der Waals surface area contributed by atoms with E-state index in [0.29, 0.717) is 0 Å². The van der Waals surface area contributed by atoms with Crippen LogP contribution in [0.5, 0.6) is 0 Å². The molecule has 0 amide bonds. The van der Waals surface area contributed by atoms with Crippen molar-refractivity contribution < 1.29 is 99.2 Å². The van der Waals surface area contributed by atoms with E-state index >= 15 is 0 Å². The first-order chi connectivity index (χ1) is 0. The van der Waals surface area contributed by atoms with Gasteiger partial charge in [-0.25, -0.2) is 0 Å². The van der Waals surface area contributed by atoms with Gasteiger partial charge in [0.25, 0.3) is 0 Å². The van der Waals surface area contributed by atoms with E-state index in [1.165, 1.54) is 0 Å². The Labute approximate surface area is 97.7 Å². The third kappa shape index (κ3) is 60.7. The molecule has 0 aromatic heterocycles. The van der Waals surface area contributed by atoms with Crippen molar-refractivity contribution in [1.29, 1.82) is 0 Å². The van der Waals surface area contributed by atoms with Crippen molar-refractivity contribution in [3.05, 3.63) is 0 Å². The average molecular weight is 334 g/mol. The molecule has 0 aromatic rings. The molecule has 0 aromatic carbocycles. The Balaban J connectivity index is 0. The van der Waals surface area contributed by atoms with Gasteiger partial charge in [-0.1, -0.05) is 0 Å². The van der Waals surface area contributed by atoms with Crippen molar-refractivity contribution >= 4 is 0 Å². The van der Waals surface area contributed by atoms with Crippen LogP contribution >= 0.6 is 0 Å². The minimum Gasteiger partial charge on any atom is -0.412 e. The molecule has 7 heteroatoms. The van der Waals surface area contributed by atoms with E-state index in [9.17, 15) is 0 Å². The summed E-state index contributed by atoms with van der Waals surface area (Å²) in [5, 5.41) is 0. The molecule has 0 saturated heterocycles. The summed E-state index contributed by atoms with van der Waals surface area (Å²) < 4.78 is 0. The molecule has 7 heavy (non-hydrogen) atoms. The Bertz CT molecular complexity index is 11.7. The summed E-state index contributed by atoms with van der Waals surface area (Å²) >= 11 is 0. The molecule has 0 fully saturated rings. The molecule has 0 unspecified atom stereocenters. The normalized spacial score (nSPS) is 0. The van der Waals surface area contributed by atoms with Crippen molar-refractivity contribution in [3.8, 4) is 0 Å². The molecule has 0 aliphatic carbocycles. The maximum atomic E-state index is 0. The fourth-order valence-electron chi connectivity index (χ4n) is 0. The van der Waals surface area contributed by atoms with Gasteiger partial charge in [-0.2, -0.15) is 0 Å². The van der Waals surface area contributed by atoms with Crippen LogP contribution in [0.4, 0.5) is 0 Å². The van der Waals surface area contributed by atoms with Crippen molar-refractivity contribution in [2.45, 2.75) is 0 Å². The van der Waals surface area contributed by atoms with Gasteiger partial charge in [-0.15, -0.1) is 0 Å². The van der Waals surface area contributed by atoms with E-state index in [0.717, 1.165) is 0 Å². The molecule has 0 aliphatic heterocycles. The van der Waals surface area contributed by atoms with Gasteiger partial charge < -0.3 is 21.9 Å². The van der Waals surface area contributed by atoms with E-state index in [-0.39, 0.29) is 99.2 Å². The number of hydrogen-bond acceptors (Lipinski definition) is 0. The van der Waals surface area contributed by atoms with Crippen molar-refractivity contribution in [2.24, 2.45) is 0 Å². The van der Waals surface area contributed by atoms with Crippen molar-refractivity contribution in [3.63, 3.8) is 0 Å². The van der Waals surface area contributed by atoms with Gasteiger partial charge in [-0.3, -0.25) is 0 Å². The second-order valence-electron chi connectivity index (χ2n) is 0. The summed E-state index contributed by atoms with van der Waals surface area (Å²) in [6, 6.07) is 0. The average Bonchev–Trinajstić information content (AvgIpc) is 0. The van der Waals surface area contributed by atoms with E-state index in [2.05, 4.69) is 0 Å². The quantitative estimate of drug-likeness (QED) is 0.411. The van der Waals surface area contributed by atoms with E-state index < -0.39 is 0 Å². The second-order valence-corrected chi connectivity index (χ2v) is 0. The van der Waals surface area contributed by atoms with Gasteiger partial charge in [0.05, 0.1) is 0 Å². The van der Waals surface area contributed by atoms with Crippen LogP contribution in [0.3, 0.4) is 0 Å². The first-order valence-corrected chi connectivity index (χ1v) is 0. The fourth-order valence-corrected chi connectivity index (χ4v) is 0. The predicted molar refractivity (Wildman–Crippen MR) is 14.5 cm³/mol. The summed E-state index contributed by atoms with van der Waals surface area (Å²) in [6.07, 6.45) is 0. The smallest absolute Gasteiger partial charge is 0 e. The maximum absolute atomic E-state index is 0. The van der Waals surface area contributed by atoms with Crippen LogP contribution in [0, 0.1) is 38.2 Å². The zero-order valence-corrected chi connectivity index (χ0v) is 8.09. The molecule has 0 spiro atoms. The first-order valence-electron chi connectivity index (χ1n) is 0. The molecule has 0 saturated carbocycles. The molecule has 8 N–H and O–H groups in total. The van der Waals surface area contributed by atoms with E-state index in [1.54, 1.807) is 0 Å². The Hall–Kier alpha value is 2.36. The molecular weight excluding hydrogens is 326 g/mol. The minimum absolute atomic E-state index is 0. The summed E-state index contributed by atoms with van der Waals surface area (Å²) in [6.45, 7) is 0. The van der Waals surface area contributed by atoms with Crippen LogP contribution in [0.15, 0.2) is 0 Å². The summed E-state index contributed by atoms with van der Waals surface area (Å²) in [5.41, 5.74) is 0.